The van der Waals surface area contributed by atoms with Crippen LogP contribution in [0.4, 0.5) is 0 Å². The zero-order chi connectivity index (χ0) is 9.97. The number of esters is 1. The highest BCUT2D eigenvalue weighted by Gasteiger charge is 2.26. The minimum Gasteiger partial charge on any atom is -0.466 e. The quantitative estimate of drug-likeness (QED) is 0.628. The monoisotopic (exact) mass is 195 g/mol. The topological polar surface area (TPSA) is 29.5 Å². The van der Waals surface area contributed by atoms with E-state index in [0.717, 1.165) is 37.9 Å². The van der Waals surface area contributed by atoms with Crippen molar-refractivity contribution in [2.24, 2.45) is 0 Å². The van der Waals surface area contributed by atoms with Gasteiger partial charge in [0.2, 0.25) is 0 Å². The van der Waals surface area contributed by atoms with Gasteiger partial charge in [-0.25, -0.2) is 4.79 Å². The number of hydrogen-bond acceptors (Lipinski definition) is 3. The number of carbonyl (C=O) groups is 1. The number of nitrogens with zero attached hydrogens (tertiary/aromatic N) is 1. The molecule has 0 radical (unpaired) electrons. The molecule has 78 valence electrons. The molecule has 1 heterocycles. The van der Waals surface area contributed by atoms with E-state index in [1.165, 1.54) is 25.6 Å². The van der Waals surface area contributed by atoms with Crippen molar-refractivity contribution in [2.75, 3.05) is 20.2 Å². The summed E-state index contributed by atoms with van der Waals surface area (Å²) in [5.41, 5.74) is 2.18. The molecule has 0 aromatic heterocycles. The van der Waals surface area contributed by atoms with Crippen LogP contribution in [-0.2, 0) is 9.53 Å². The largest absolute Gasteiger partial charge is 0.466 e. The van der Waals surface area contributed by atoms with E-state index in [9.17, 15) is 4.79 Å². The summed E-state index contributed by atoms with van der Waals surface area (Å²) < 4.78 is 4.80. The molecule has 2 aliphatic rings. The van der Waals surface area contributed by atoms with Crippen molar-refractivity contribution in [3.05, 3.63) is 11.3 Å². The van der Waals surface area contributed by atoms with Crippen LogP contribution in [-0.4, -0.2) is 31.1 Å². The fourth-order valence-corrected chi connectivity index (χ4v) is 2.41. The molecule has 0 N–H and O–H groups in total. The molecular formula is C11H17NO2. The van der Waals surface area contributed by atoms with E-state index < -0.39 is 0 Å². The average molecular weight is 195 g/mol. The summed E-state index contributed by atoms with van der Waals surface area (Å²) in [7, 11) is 1.47. The molecule has 0 bridgehead atoms. The second kappa shape index (κ2) is 4.03. The van der Waals surface area contributed by atoms with Crippen molar-refractivity contribution in [2.45, 2.75) is 32.1 Å². The first-order valence-corrected chi connectivity index (χ1v) is 5.38. The van der Waals surface area contributed by atoms with E-state index in [2.05, 4.69) is 4.90 Å². The number of hydrogen-bond donors (Lipinski definition) is 0. The summed E-state index contributed by atoms with van der Waals surface area (Å²) in [6.45, 7) is 2.24. The number of likely N-dealkylation sites (tertiary alicyclic amines) is 1. The van der Waals surface area contributed by atoms with E-state index in [4.69, 9.17) is 4.74 Å². The predicted molar refractivity (Wildman–Crippen MR) is 53.7 cm³/mol. The Hall–Kier alpha value is -0.990. The van der Waals surface area contributed by atoms with Crippen LogP contribution >= 0.6 is 0 Å². The van der Waals surface area contributed by atoms with Crippen LogP contribution in [0.3, 0.4) is 0 Å². The molecular weight excluding hydrogens is 178 g/mol. The van der Waals surface area contributed by atoms with Gasteiger partial charge in [-0.05, 0) is 32.1 Å². The number of rotatable bonds is 2. The molecule has 0 aromatic rings. The molecule has 0 atom stereocenters. The molecule has 0 aromatic carbocycles. The third-order valence-electron chi connectivity index (χ3n) is 3.11. The highest BCUT2D eigenvalue weighted by Crippen LogP contribution is 2.31. The molecule has 0 saturated carbocycles. The van der Waals surface area contributed by atoms with Gasteiger partial charge in [0.05, 0.1) is 12.7 Å². The second-order valence-electron chi connectivity index (χ2n) is 3.96. The third kappa shape index (κ3) is 1.63. The maximum Gasteiger partial charge on any atom is 0.335 e. The van der Waals surface area contributed by atoms with Crippen LogP contribution in [0.2, 0.25) is 0 Å². The maximum absolute atomic E-state index is 11.5. The van der Waals surface area contributed by atoms with Crippen LogP contribution in [0.5, 0.6) is 0 Å². The molecule has 3 heteroatoms. The lowest BCUT2D eigenvalue weighted by atomic mass is 10.2. The smallest absolute Gasteiger partial charge is 0.335 e. The first-order chi connectivity index (χ1) is 6.83. The van der Waals surface area contributed by atoms with Crippen molar-refractivity contribution in [3.8, 4) is 0 Å². The molecule has 1 saturated heterocycles. The van der Waals surface area contributed by atoms with Crippen LogP contribution in [0, 0.1) is 0 Å². The number of carbonyl (C=O) groups excluding carboxylic acids is 1. The fourth-order valence-electron chi connectivity index (χ4n) is 2.41. The Balaban J connectivity index is 2.16. The fraction of sp³-hybridized carbons (Fsp3) is 0.727. The van der Waals surface area contributed by atoms with Crippen molar-refractivity contribution in [1.29, 1.82) is 0 Å². The second-order valence-corrected chi connectivity index (χ2v) is 3.96. The van der Waals surface area contributed by atoms with Gasteiger partial charge in [0, 0.05) is 18.8 Å². The lowest BCUT2D eigenvalue weighted by molar-refractivity contribution is -0.136. The van der Waals surface area contributed by atoms with Gasteiger partial charge in [0.15, 0.2) is 0 Å². The predicted octanol–water partition coefficient (Wildman–Crippen LogP) is 1.69. The summed E-state index contributed by atoms with van der Waals surface area (Å²) in [4.78, 5) is 13.8. The van der Waals surface area contributed by atoms with Gasteiger partial charge < -0.3 is 9.64 Å². The number of methoxy groups -OCH3 is 1. The molecule has 14 heavy (non-hydrogen) atoms. The molecule has 1 fully saturated rings. The normalized spacial score (nSPS) is 21.9. The zero-order valence-corrected chi connectivity index (χ0v) is 8.71. The van der Waals surface area contributed by atoms with Crippen LogP contribution in [0.25, 0.3) is 0 Å². The molecule has 0 spiro atoms. The van der Waals surface area contributed by atoms with Crippen LogP contribution in [0.1, 0.15) is 32.1 Å². The Kier molecular flexibility index (Phi) is 2.75. The summed E-state index contributed by atoms with van der Waals surface area (Å²) in [6.07, 6.45) is 5.59. The summed E-state index contributed by atoms with van der Waals surface area (Å²) >= 11 is 0. The summed E-state index contributed by atoms with van der Waals surface area (Å²) in [5.74, 6) is -0.121. The van der Waals surface area contributed by atoms with E-state index in [1.807, 2.05) is 0 Å². The Labute approximate surface area is 84.7 Å². The lowest BCUT2D eigenvalue weighted by Crippen LogP contribution is -2.20. The molecule has 1 aliphatic carbocycles. The van der Waals surface area contributed by atoms with E-state index in [-0.39, 0.29) is 5.97 Å². The Morgan fingerprint density at radius 3 is 2.57 bits per heavy atom. The van der Waals surface area contributed by atoms with Crippen molar-refractivity contribution >= 4 is 5.97 Å². The summed E-state index contributed by atoms with van der Waals surface area (Å²) in [6, 6.07) is 0. The zero-order valence-electron chi connectivity index (χ0n) is 8.71. The van der Waals surface area contributed by atoms with E-state index >= 15 is 0 Å². The minimum absolute atomic E-state index is 0.121. The van der Waals surface area contributed by atoms with E-state index in [0.29, 0.717) is 0 Å². The van der Waals surface area contributed by atoms with Crippen molar-refractivity contribution in [3.63, 3.8) is 0 Å². The van der Waals surface area contributed by atoms with Crippen molar-refractivity contribution < 1.29 is 9.53 Å². The SMILES string of the molecule is COC(=O)C1=C(N2CCCC2)CCC1. The number of ether oxygens (including phenoxy) is 1. The first kappa shape index (κ1) is 9.56. The highest BCUT2D eigenvalue weighted by molar-refractivity contribution is 5.89. The van der Waals surface area contributed by atoms with Gasteiger partial charge in [-0.1, -0.05) is 0 Å². The van der Waals surface area contributed by atoms with Gasteiger partial charge in [0.25, 0.3) is 0 Å². The molecule has 1 aliphatic heterocycles. The Bertz CT molecular complexity index is 264. The summed E-state index contributed by atoms with van der Waals surface area (Å²) in [5, 5.41) is 0. The minimum atomic E-state index is -0.121. The third-order valence-corrected chi connectivity index (χ3v) is 3.11. The standard InChI is InChI=1S/C11H17NO2/c1-14-11(13)9-5-4-6-10(9)12-7-2-3-8-12/h2-8H2,1H3. The van der Waals surface area contributed by atoms with E-state index in [1.54, 1.807) is 0 Å². The molecule has 0 unspecified atom stereocenters. The van der Waals surface area contributed by atoms with Gasteiger partial charge >= 0.3 is 5.97 Å². The van der Waals surface area contributed by atoms with Gasteiger partial charge in [-0.15, -0.1) is 0 Å². The lowest BCUT2D eigenvalue weighted by Gasteiger charge is -2.20. The van der Waals surface area contributed by atoms with Gasteiger partial charge in [0.1, 0.15) is 0 Å². The Morgan fingerprint density at radius 1 is 1.21 bits per heavy atom. The highest BCUT2D eigenvalue weighted by atomic mass is 16.5. The molecule has 0 amide bonds. The molecule has 2 rings (SSSR count). The van der Waals surface area contributed by atoms with Crippen molar-refractivity contribution in [1.82, 2.24) is 4.90 Å². The maximum atomic E-state index is 11.5. The van der Waals surface area contributed by atoms with Crippen LogP contribution < -0.4 is 0 Å². The van der Waals surface area contributed by atoms with Gasteiger partial charge in [-0.2, -0.15) is 0 Å². The number of allylic oxidation sites excluding steroid dienone is 1. The van der Waals surface area contributed by atoms with Gasteiger partial charge in [-0.3, -0.25) is 0 Å². The molecule has 3 nitrogen and oxygen atoms in total. The van der Waals surface area contributed by atoms with Crippen LogP contribution in [0.15, 0.2) is 11.3 Å². The Morgan fingerprint density at radius 2 is 1.93 bits per heavy atom. The first-order valence-electron chi connectivity index (χ1n) is 5.38. The average Bonchev–Trinajstić information content (AvgIpc) is 2.85.